The number of rotatable bonds is 5. The zero-order chi connectivity index (χ0) is 13.9. The van der Waals surface area contributed by atoms with Gasteiger partial charge < -0.3 is 15.2 Å². The van der Waals surface area contributed by atoms with Gasteiger partial charge in [0.2, 0.25) is 0 Å². The Bertz CT molecular complexity index is 599. The van der Waals surface area contributed by atoms with Crippen LogP contribution in [0.3, 0.4) is 0 Å². The van der Waals surface area contributed by atoms with E-state index >= 15 is 0 Å². The van der Waals surface area contributed by atoms with E-state index in [4.69, 9.17) is 0 Å². The number of amides is 1. The van der Waals surface area contributed by atoms with Crippen LogP contribution >= 0.6 is 0 Å². The molecule has 0 aromatic carbocycles. The van der Waals surface area contributed by atoms with Gasteiger partial charge in [-0.25, -0.2) is 4.68 Å². The predicted molar refractivity (Wildman–Crippen MR) is 68.8 cm³/mol. The molecule has 1 fully saturated rings. The van der Waals surface area contributed by atoms with Crippen molar-refractivity contribution in [1.29, 1.82) is 0 Å². The molecule has 0 atom stereocenters. The topological polar surface area (TPSA) is 103 Å². The van der Waals surface area contributed by atoms with Crippen LogP contribution in [-0.4, -0.2) is 48.8 Å². The van der Waals surface area contributed by atoms with Gasteiger partial charge >= 0.3 is 0 Å². The van der Waals surface area contributed by atoms with Gasteiger partial charge in [-0.15, -0.1) is 15.3 Å². The summed E-state index contributed by atoms with van der Waals surface area (Å²) in [5.74, 6) is 0.464. The zero-order valence-corrected chi connectivity index (χ0v) is 11.2. The Morgan fingerprint density at radius 2 is 2.35 bits per heavy atom. The van der Waals surface area contributed by atoms with Crippen molar-refractivity contribution in [3.05, 3.63) is 24.0 Å². The number of carbonyl (C=O) groups excluding carboxylic acids is 1. The minimum atomic E-state index is -0.255. The first-order valence-corrected chi connectivity index (χ1v) is 6.55. The number of hydrogen-bond donors (Lipinski definition) is 2. The van der Waals surface area contributed by atoms with Gasteiger partial charge in [0.1, 0.15) is 6.33 Å². The molecule has 9 heteroatoms. The van der Waals surface area contributed by atoms with Gasteiger partial charge in [-0.2, -0.15) is 0 Å². The van der Waals surface area contributed by atoms with Gasteiger partial charge in [0.05, 0.1) is 18.8 Å². The lowest BCUT2D eigenvalue weighted by Crippen LogP contribution is -2.43. The highest BCUT2D eigenvalue weighted by Crippen LogP contribution is 2.09. The third-order valence-electron chi connectivity index (χ3n) is 3.32. The second-order valence-electron chi connectivity index (χ2n) is 4.61. The second kappa shape index (κ2) is 5.37. The molecule has 9 nitrogen and oxygen atoms in total. The van der Waals surface area contributed by atoms with Crippen LogP contribution in [0.1, 0.15) is 29.3 Å². The molecule has 1 amide bonds. The normalized spacial score (nSPS) is 15.1. The van der Waals surface area contributed by atoms with Gasteiger partial charge in [-0.1, -0.05) is 5.21 Å². The van der Waals surface area contributed by atoms with Crippen LogP contribution in [0.25, 0.3) is 0 Å². The van der Waals surface area contributed by atoms with Crippen molar-refractivity contribution in [2.45, 2.75) is 26.1 Å². The molecule has 0 radical (unpaired) electrons. The summed E-state index contributed by atoms with van der Waals surface area (Å²) in [6.07, 6.45) is 3.31. The zero-order valence-electron chi connectivity index (χ0n) is 11.2. The molecule has 0 saturated carbocycles. The Hall–Kier alpha value is -2.29. The van der Waals surface area contributed by atoms with Crippen molar-refractivity contribution in [2.75, 3.05) is 13.1 Å². The van der Waals surface area contributed by atoms with E-state index in [1.807, 2.05) is 11.5 Å². The maximum atomic E-state index is 12.0. The Morgan fingerprint density at radius 3 is 3.05 bits per heavy atom. The van der Waals surface area contributed by atoms with Crippen LogP contribution in [0.4, 0.5) is 0 Å². The third-order valence-corrected chi connectivity index (χ3v) is 3.32. The maximum Gasteiger partial charge on any atom is 0.273 e. The summed E-state index contributed by atoms with van der Waals surface area (Å²) in [7, 11) is 0. The van der Waals surface area contributed by atoms with Crippen LogP contribution in [-0.2, 0) is 13.1 Å². The SMILES string of the molecule is CCn1cnnc1CNC(=O)c1cn(C2CNC2)nn1. The summed E-state index contributed by atoms with van der Waals surface area (Å²) < 4.78 is 3.59. The summed E-state index contributed by atoms with van der Waals surface area (Å²) >= 11 is 0. The Kier molecular flexibility index (Phi) is 3.42. The third kappa shape index (κ3) is 2.39. The van der Waals surface area contributed by atoms with Gasteiger partial charge in [0, 0.05) is 19.6 Å². The molecule has 20 heavy (non-hydrogen) atoms. The van der Waals surface area contributed by atoms with E-state index in [9.17, 15) is 4.79 Å². The molecule has 3 rings (SSSR count). The van der Waals surface area contributed by atoms with Crippen molar-refractivity contribution in [1.82, 2.24) is 40.4 Å². The van der Waals surface area contributed by atoms with E-state index in [2.05, 4.69) is 31.1 Å². The molecule has 2 aromatic heterocycles. The van der Waals surface area contributed by atoms with Crippen LogP contribution < -0.4 is 10.6 Å². The van der Waals surface area contributed by atoms with E-state index in [-0.39, 0.29) is 5.91 Å². The molecule has 106 valence electrons. The van der Waals surface area contributed by atoms with Crippen LogP contribution in [0, 0.1) is 0 Å². The van der Waals surface area contributed by atoms with Crippen molar-refractivity contribution in [2.24, 2.45) is 0 Å². The molecule has 2 aromatic rings. The molecule has 0 bridgehead atoms. The molecule has 1 aliphatic heterocycles. The average molecular weight is 276 g/mol. The van der Waals surface area contributed by atoms with Gasteiger partial charge in [-0.05, 0) is 6.92 Å². The number of nitrogens with zero attached hydrogens (tertiary/aromatic N) is 6. The maximum absolute atomic E-state index is 12.0. The Morgan fingerprint density at radius 1 is 1.50 bits per heavy atom. The standard InChI is InChI=1S/C11H16N8O/c1-2-18-7-14-16-10(18)5-13-11(20)9-6-19(17-15-9)8-3-12-4-8/h6-8,12H,2-5H2,1H3,(H,13,20). The first-order chi connectivity index (χ1) is 9.78. The summed E-state index contributed by atoms with van der Waals surface area (Å²) in [5.41, 5.74) is 0.319. The minimum absolute atomic E-state index is 0.255. The summed E-state index contributed by atoms with van der Waals surface area (Å²) in [6.45, 7) is 4.81. The molecule has 0 spiro atoms. The predicted octanol–water partition coefficient (Wildman–Crippen LogP) is -1.04. The van der Waals surface area contributed by atoms with E-state index < -0.39 is 0 Å². The van der Waals surface area contributed by atoms with Crippen molar-refractivity contribution >= 4 is 5.91 Å². The fourth-order valence-electron chi connectivity index (χ4n) is 1.95. The summed E-state index contributed by atoms with van der Waals surface area (Å²) in [6, 6.07) is 0.298. The van der Waals surface area contributed by atoms with Crippen LogP contribution in [0.2, 0.25) is 0 Å². The van der Waals surface area contributed by atoms with E-state index in [1.165, 1.54) is 0 Å². The molecular weight excluding hydrogens is 260 g/mol. The number of aryl methyl sites for hydroxylation is 1. The van der Waals surface area contributed by atoms with Crippen LogP contribution in [0.15, 0.2) is 12.5 Å². The lowest BCUT2D eigenvalue weighted by Gasteiger charge is -2.26. The molecule has 2 N–H and O–H groups in total. The molecule has 1 aliphatic rings. The smallest absolute Gasteiger partial charge is 0.273 e. The molecular formula is C11H16N8O. The monoisotopic (exact) mass is 276 g/mol. The first kappa shape index (κ1) is 12.7. The highest BCUT2D eigenvalue weighted by Gasteiger charge is 2.21. The van der Waals surface area contributed by atoms with Crippen LogP contribution in [0.5, 0.6) is 0 Å². The van der Waals surface area contributed by atoms with E-state index in [1.54, 1.807) is 17.2 Å². The minimum Gasteiger partial charge on any atom is -0.343 e. The van der Waals surface area contributed by atoms with Crippen molar-refractivity contribution in [3.8, 4) is 0 Å². The number of nitrogens with one attached hydrogen (secondary N) is 2. The van der Waals surface area contributed by atoms with Gasteiger partial charge in [0.15, 0.2) is 11.5 Å². The number of aromatic nitrogens is 6. The highest BCUT2D eigenvalue weighted by atomic mass is 16.2. The van der Waals surface area contributed by atoms with E-state index in [0.29, 0.717) is 18.3 Å². The fraction of sp³-hybridized carbons (Fsp3) is 0.545. The molecule has 0 aliphatic carbocycles. The van der Waals surface area contributed by atoms with Gasteiger partial charge in [0.25, 0.3) is 5.91 Å². The second-order valence-corrected chi connectivity index (χ2v) is 4.61. The van der Waals surface area contributed by atoms with Crippen molar-refractivity contribution < 1.29 is 4.79 Å². The van der Waals surface area contributed by atoms with Gasteiger partial charge in [-0.3, -0.25) is 4.79 Å². The number of hydrogen-bond acceptors (Lipinski definition) is 6. The lowest BCUT2D eigenvalue weighted by atomic mass is 10.2. The first-order valence-electron chi connectivity index (χ1n) is 6.55. The number of carbonyl (C=O) groups is 1. The Labute approximate surface area is 115 Å². The summed E-state index contributed by atoms with van der Waals surface area (Å²) in [4.78, 5) is 12.0. The summed E-state index contributed by atoms with van der Waals surface area (Å²) in [5, 5.41) is 21.6. The molecule has 1 saturated heterocycles. The quantitative estimate of drug-likeness (QED) is 0.723. The lowest BCUT2D eigenvalue weighted by molar-refractivity contribution is 0.0944. The van der Waals surface area contributed by atoms with E-state index in [0.717, 1.165) is 25.5 Å². The highest BCUT2D eigenvalue weighted by molar-refractivity contribution is 5.91. The average Bonchev–Trinajstić information content (AvgIpc) is 3.02. The molecule has 3 heterocycles. The molecule has 0 unspecified atom stereocenters. The largest absolute Gasteiger partial charge is 0.343 e. The fourth-order valence-corrected chi connectivity index (χ4v) is 1.95. The Balaban J connectivity index is 1.60. The van der Waals surface area contributed by atoms with Crippen molar-refractivity contribution in [3.63, 3.8) is 0 Å².